The second-order valence-corrected chi connectivity index (χ2v) is 11.5. The van der Waals surface area contributed by atoms with E-state index in [2.05, 4.69) is 6.92 Å². The lowest BCUT2D eigenvalue weighted by Gasteiger charge is -2.46. The van der Waals surface area contributed by atoms with Crippen LogP contribution in [0.4, 0.5) is 0 Å². The van der Waals surface area contributed by atoms with Crippen LogP contribution in [0.15, 0.2) is 24.3 Å². The van der Waals surface area contributed by atoms with Gasteiger partial charge < -0.3 is 29.7 Å². The molecule has 1 aromatic rings. The van der Waals surface area contributed by atoms with Crippen LogP contribution in [0.3, 0.4) is 0 Å². The molecule has 8 heteroatoms. The minimum absolute atomic E-state index is 0.0299. The Morgan fingerprint density at radius 2 is 1.92 bits per heavy atom. The number of phenols is 1. The van der Waals surface area contributed by atoms with E-state index in [1.807, 2.05) is 26.8 Å². The lowest BCUT2D eigenvalue weighted by atomic mass is 9.85. The Kier molecular flexibility index (Phi) is 10.6. The number of piperidine rings is 1. The summed E-state index contributed by atoms with van der Waals surface area (Å²) >= 11 is 0. The number of aliphatic hydroxyl groups is 2. The van der Waals surface area contributed by atoms with Crippen LogP contribution in [0.2, 0.25) is 0 Å². The molecule has 7 unspecified atom stereocenters. The predicted octanol–water partition coefficient (Wildman–Crippen LogP) is 4.18. The summed E-state index contributed by atoms with van der Waals surface area (Å²) < 4.78 is 12.0. The third kappa shape index (κ3) is 6.88. The summed E-state index contributed by atoms with van der Waals surface area (Å²) in [4.78, 5) is 28.5. The number of nitrogens with zero attached hydrogens (tertiary/aromatic N) is 1. The van der Waals surface area contributed by atoms with E-state index in [9.17, 15) is 24.9 Å². The fourth-order valence-corrected chi connectivity index (χ4v) is 5.95. The number of likely N-dealkylation sites (tertiary alicyclic amines) is 1. The molecule has 8 nitrogen and oxygen atoms in total. The minimum atomic E-state index is -1.99. The van der Waals surface area contributed by atoms with Crippen LogP contribution < -0.4 is 0 Å². The Balaban J connectivity index is 1.76. The summed E-state index contributed by atoms with van der Waals surface area (Å²) in [5.74, 6) is -3.30. The van der Waals surface area contributed by atoms with Crippen molar-refractivity contribution in [3.63, 3.8) is 0 Å². The molecule has 2 heterocycles. The molecule has 0 spiro atoms. The standard InChI is InChI=1S/C30H47NO7/c1-6-22(17-21-11-10-12-23(32)18-21)26(19(3)4)37-29(35)25-13-8-9-16-31(25)28(34)27(33)30(36)20(5)14-15-24(7-2)38-30/h10-12,18-20,22,24-27,32-33,36H,6-9,13-17H2,1-5H3. The zero-order valence-electron chi connectivity index (χ0n) is 23.6. The molecule has 2 saturated heterocycles. The van der Waals surface area contributed by atoms with E-state index in [0.717, 1.165) is 24.8 Å². The molecule has 38 heavy (non-hydrogen) atoms. The second kappa shape index (κ2) is 13.3. The average molecular weight is 534 g/mol. The normalized spacial score (nSPS) is 28.5. The zero-order valence-corrected chi connectivity index (χ0v) is 23.6. The van der Waals surface area contributed by atoms with Gasteiger partial charge in [-0.25, -0.2) is 4.79 Å². The van der Waals surface area contributed by atoms with Gasteiger partial charge in [0, 0.05) is 12.5 Å². The van der Waals surface area contributed by atoms with Crippen LogP contribution in [0.5, 0.6) is 5.75 Å². The van der Waals surface area contributed by atoms with E-state index < -0.39 is 35.7 Å². The van der Waals surface area contributed by atoms with Gasteiger partial charge in [0.25, 0.3) is 5.91 Å². The molecule has 2 fully saturated rings. The van der Waals surface area contributed by atoms with E-state index in [-0.39, 0.29) is 29.8 Å². The molecule has 3 N–H and O–H groups in total. The first-order valence-corrected chi connectivity index (χ1v) is 14.4. The van der Waals surface area contributed by atoms with Crippen LogP contribution in [0.25, 0.3) is 0 Å². The van der Waals surface area contributed by atoms with Gasteiger partial charge >= 0.3 is 5.97 Å². The molecule has 0 aliphatic carbocycles. The van der Waals surface area contributed by atoms with Crippen molar-refractivity contribution < 1.29 is 34.4 Å². The Hall–Kier alpha value is -2.16. The predicted molar refractivity (Wildman–Crippen MR) is 144 cm³/mol. The summed E-state index contributed by atoms with van der Waals surface area (Å²) in [5, 5.41) is 32.2. The van der Waals surface area contributed by atoms with Crippen molar-refractivity contribution in [2.75, 3.05) is 6.54 Å². The molecule has 0 aromatic heterocycles. The third-order valence-corrected chi connectivity index (χ3v) is 8.43. The molecule has 214 valence electrons. The average Bonchev–Trinajstić information content (AvgIpc) is 2.91. The number of esters is 1. The highest BCUT2D eigenvalue weighted by Crippen LogP contribution is 2.37. The quantitative estimate of drug-likeness (QED) is 0.386. The van der Waals surface area contributed by atoms with Crippen molar-refractivity contribution in [1.29, 1.82) is 0 Å². The second-order valence-electron chi connectivity index (χ2n) is 11.5. The van der Waals surface area contributed by atoms with Gasteiger partial charge in [-0.15, -0.1) is 0 Å². The number of amides is 1. The number of ether oxygens (including phenoxy) is 2. The van der Waals surface area contributed by atoms with Crippen molar-refractivity contribution in [2.24, 2.45) is 17.8 Å². The lowest BCUT2D eigenvalue weighted by molar-refractivity contribution is -0.315. The van der Waals surface area contributed by atoms with Crippen molar-refractivity contribution in [1.82, 2.24) is 4.90 Å². The van der Waals surface area contributed by atoms with Crippen molar-refractivity contribution in [3.05, 3.63) is 29.8 Å². The lowest BCUT2D eigenvalue weighted by Crippen LogP contribution is -2.63. The Morgan fingerprint density at radius 1 is 1.18 bits per heavy atom. The molecule has 0 radical (unpaired) electrons. The number of carbonyl (C=O) groups excluding carboxylic acids is 2. The molecule has 2 aliphatic heterocycles. The van der Waals surface area contributed by atoms with Gasteiger partial charge in [0.1, 0.15) is 17.9 Å². The van der Waals surface area contributed by atoms with Crippen LogP contribution >= 0.6 is 0 Å². The smallest absolute Gasteiger partial charge is 0.329 e. The molecule has 2 aliphatic rings. The van der Waals surface area contributed by atoms with Gasteiger partial charge in [-0.2, -0.15) is 0 Å². The number of aliphatic hydroxyl groups excluding tert-OH is 1. The highest BCUT2D eigenvalue weighted by atomic mass is 16.6. The number of benzene rings is 1. The van der Waals surface area contributed by atoms with Crippen molar-refractivity contribution in [2.45, 2.75) is 116 Å². The summed E-state index contributed by atoms with van der Waals surface area (Å²) in [6.45, 7) is 10.1. The summed E-state index contributed by atoms with van der Waals surface area (Å²) in [6, 6.07) is 6.29. The molecular formula is C30H47NO7. The zero-order chi connectivity index (χ0) is 28.0. The molecule has 7 atom stereocenters. The van der Waals surface area contributed by atoms with Gasteiger partial charge in [0.15, 0.2) is 6.10 Å². The number of hydrogen-bond acceptors (Lipinski definition) is 7. The summed E-state index contributed by atoms with van der Waals surface area (Å²) in [7, 11) is 0. The van der Waals surface area contributed by atoms with Crippen LogP contribution in [-0.4, -0.2) is 68.8 Å². The molecular weight excluding hydrogens is 486 g/mol. The van der Waals surface area contributed by atoms with Crippen molar-refractivity contribution >= 4 is 11.9 Å². The Labute approximate surface area is 227 Å². The fraction of sp³-hybridized carbons (Fsp3) is 0.733. The SMILES string of the molecule is CCC1CCC(C)C(O)(C(O)C(=O)N2CCCCC2C(=O)OC(C(C)C)C(CC)Cc2cccc(O)c2)O1. The van der Waals surface area contributed by atoms with Gasteiger partial charge in [-0.05, 0) is 80.9 Å². The summed E-state index contributed by atoms with van der Waals surface area (Å²) in [6.07, 6.45) is 3.01. The molecule has 0 bridgehead atoms. The Morgan fingerprint density at radius 3 is 2.55 bits per heavy atom. The van der Waals surface area contributed by atoms with Crippen LogP contribution in [-0.2, 0) is 25.5 Å². The Bertz CT molecular complexity index is 937. The molecule has 3 rings (SSSR count). The first-order chi connectivity index (χ1) is 18.0. The van der Waals surface area contributed by atoms with Crippen molar-refractivity contribution in [3.8, 4) is 5.75 Å². The van der Waals surface area contributed by atoms with Gasteiger partial charge in [0.2, 0.25) is 5.79 Å². The van der Waals surface area contributed by atoms with Gasteiger partial charge in [0.05, 0.1) is 6.10 Å². The molecule has 1 amide bonds. The number of hydrogen-bond donors (Lipinski definition) is 3. The first kappa shape index (κ1) is 30.4. The summed E-state index contributed by atoms with van der Waals surface area (Å²) in [5.41, 5.74) is 0.969. The number of rotatable bonds is 10. The largest absolute Gasteiger partial charge is 0.508 e. The van der Waals surface area contributed by atoms with Gasteiger partial charge in [-0.3, -0.25) is 4.79 Å². The highest BCUT2D eigenvalue weighted by Gasteiger charge is 2.52. The number of aromatic hydroxyl groups is 1. The van der Waals surface area contributed by atoms with Gasteiger partial charge in [-0.1, -0.05) is 46.8 Å². The van der Waals surface area contributed by atoms with E-state index in [4.69, 9.17) is 9.47 Å². The number of carbonyl (C=O) groups is 2. The van der Waals surface area contributed by atoms with E-state index in [0.29, 0.717) is 38.6 Å². The fourth-order valence-electron chi connectivity index (χ4n) is 5.95. The molecule has 0 saturated carbocycles. The molecule has 1 aromatic carbocycles. The van der Waals surface area contributed by atoms with E-state index in [1.165, 1.54) is 4.90 Å². The maximum absolute atomic E-state index is 13.6. The van der Waals surface area contributed by atoms with E-state index >= 15 is 0 Å². The monoisotopic (exact) mass is 533 g/mol. The maximum Gasteiger partial charge on any atom is 0.329 e. The van der Waals surface area contributed by atoms with Crippen LogP contribution in [0.1, 0.15) is 85.1 Å². The van der Waals surface area contributed by atoms with Crippen LogP contribution in [0, 0.1) is 17.8 Å². The maximum atomic E-state index is 13.6. The first-order valence-electron chi connectivity index (χ1n) is 14.4. The highest BCUT2D eigenvalue weighted by molar-refractivity contribution is 5.88. The minimum Gasteiger partial charge on any atom is -0.508 e. The number of phenolic OH excluding ortho intramolecular Hbond substituents is 1. The van der Waals surface area contributed by atoms with E-state index in [1.54, 1.807) is 25.1 Å². The topological polar surface area (TPSA) is 117 Å². The third-order valence-electron chi connectivity index (χ3n) is 8.43.